The molecule has 1 aliphatic rings. The number of hydrogen-bond acceptors (Lipinski definition) is 5. The highest BCUT2D eigenvalue weighted by Gasteiger charge is 2.24. The molecular weight excluding hydrogens is 462 g/mol. The Kier molecular flexibility index (Phi) is 6.22. The summed E-state index contributed by atoms with van der Waals surface area (Å²) in [5, 5.41) is 9.96. The summed E-state index contributed by atoms with van der Waals surface area (Å²) in [6.07, 6.45) is 2.30. The van der Waals surface area contributed by atoms with E-state index in [4.69, 9.17) is 4.98 Å². The van der Waals surface area contributed by atoms with Crippen LogP contribution >= 0.6 is 15.9 Å². The van der Waals surface area contributed by atoms with E-state index in [1.54, 1.807) is 16.8 Å². The molecule has 4 rings (SSSR count). The normalized spacial score (nSPS) is 14.7. The zero-order valence-electron chi connectivity index (χ0n) is 17.2. The highest BCUT2D eigenvalue weighted by Crippen LogP contribution is 2.25. The van der Waals surface area contributed by atoms with Gasteiger partial charge in [0.05, 0.1) is 4.47 Å². The zero-order valence-corrected chi connectivity index (χ0v) is 18.8. The summed E-state index contributed by atoms with van der Waals surface area (Å²) in [5.41, 5.74) is 1.44. The fourth-order valence-corrected chi connectivity index (χ4v) is 4.49. The van der Waals surface area contributed by atoms with Crippen molar-refractivity contribution in [3.05, 3.63) is 57.4 Å². The standard InChI is InChI=1S/C22H24BrN5O3/c1-2-27(17-6-4-3-5-7-17)21-24-13-16-12-18(23)20(29)28(19(16)25-21)14-15-8-10-26(11-9-15)22(30)31/h3-7,12-13,15H,2,8-11,14H2,1H3,(H,30,31). The maximum atomic E-state index is 13.0. The van der Waals surface area contributed by atoms with E-state index in [9.17, 15) is 14.7 Å². The lowest BCUT2D eigenvalue weighted by Gasteiger charge is -2.30. The molecule has 3 heterocycles. The number of pyridine rings is 1. The van der Waals surface area contributed by atoms with Gasteiger partial charge in [-0.2, -0.15) is 4.98 Å². The van der Waals surface area contributed by atoms with E-state index in [1.807, 2.05) is 42.2 Å². The SMILES string of the molecule is CCN(c1ccccc1)c1ncc2cc(Br)c(=O)n(CC3CCN(C(=O)O)CC3)c2n1. The molecule has 1 aliphatic heterocycles. The number of likely N-dealkylation sites (tertiary alicyclic amines) is 1. The lowest BCUT2D eigenvalue weighted by molar-refractivity contribution is 0.121. The Balaban J connectivity index is 1.71. The molecule has 0 aliphatic carbocycles. The molecule has 8 nitrogen and oxygen atoms in total. The van der Waals surface area contributed by atoms with E-state index in [0.717, 1.165) is 23.9 Å². The van der Waals surface area contributed by atoms with Gasteiger partial charge >= 0.3 is 6.09 Å². The van der Waals surface area contributed by atoms with Crippen LogP contribution in [0.2, 0.25) is 0 Å². The molecule has 0 bridgehead atoms. The van der Waals surface area contributed by atoms with Crippen molar-refractivity contribution in [1.29, 1.82) is 0 Å². The number of carboxylic acid groups (broad SMARTS) is 1. The van der Waals surface area contributed by atoms with Crippen molar-refractivity contribution in [2.75, 3.05) is 24.5 Å². The molecular formula is C22H24BrN5O3. The van der Waals surface area contributed by atoms with Gasteiger partial charge in [0.15, 0.2) is 0 Å². The molecule has 1 saturated heterocycles. The molecule has 3 aromatic rings. The molecule has 0 radical (unpaired) electrons. The Morgan fingerprint density at radius 3 is 2.61 bits per heavy atom. The Labute approximate surface area is 188 Å². The topological polar surface area (TPSA) is 91.6 Å². The summed E-state index contributed by atoms with van der Waals surface area (Å²) in [6.45, 7) is 4.18. The summed E-state index contributed by atoms with van der Waals surface area (Å²) < 4.78 is 2.17. The zero-order chi connectivity index (χ0) is 22.0. The predicted molar refractivity (Wildman–Crippen MR) is 123 cm³/mol. The van der Waals surface area contributed by atoms with Crippen LogP contribution in [-0.4, -0.2) is 50.3 Å². The number of amides is 1. The van der Waals surface area contributed by atoms with Crippen LogP contribution in [0.4, 0.5) is 16.4 Å². The monoisotopic (exact) mass is 485 g/mol. The van der Waals surface area contributed by atoms with E-state index in [-0.39, 0.29) is 11.5 Å². The van der Waals surface area contributed by atoms with Crippen LogP contribution < -0.4 is 10.5 Å². The smallest absolute Gasteiger partial charge is 0.407 e. The molecule has 1 aromatic carbocycles. The van der Waals surface area contributed by atoms with Crippen LogP contribution in [-0.2, 0) is 6.54 Å². The van der Waals surface area contributed by atoms with E-state index in [0.29, 0.717) is 42.2 Å². The number of rotatable bonds is 5. The van der Waals surface area contributed by atoms with Crippen LogP contribution in [0.1, 0.15) is 19.8 Å². The lowest BCUT2D eigenvalue weighted by atomic mass is 9.97. The van der Waals surface area contributed by atoms with Gasteiger partial charge in [0, 0.05) is 43.4 Å². The van der Waals surface area contributed by atoms with Gasteiger partial charge in [0.2, 0.25) is 5.95 Å². The summed E-state index contributed by atoms with van der Waals surface area (Å²) in [6, 6.07) is 11.7. The summed E-state index contributed by atoms with van der Waals surface area (Å²) in [4.78, 5) is 36.9. The fourth-order valence-electron chi connectivity index (χ4n) is 4.03. The molecule has 162 valence electrons. The second-order valence-corrected chi connectivity index (χ2v) is 8.50. The number of nitrogens with zero attached hydrogens (tertiary/aromatic N) is 5. The predicted octanol–water partition coefficient (Wildman–Crippen LogP) is 4.10. The molecule has 1 fully saturated rings. The molecule has 0 unspecified atom stereocenters. The first-order valence-electron chi connectivity index (χ1n) is 10.3. The Morgan fingerprint density at radius 2 is 1.97 bits per heavy atom. The fraction of sp³-hybridized carbons (Fsp3) is 0.364. The van der Waals surface area contributed by atoms with Crippen molar-refractivity contribution >= 4 is 44.7 Å². The van der Waals surface area contributed by atoms with Gasteiger partial charge in [0.1, 0.15) is 5.65 Å². The third kappa shape index (κ3) is 4.41. The minimum atomic E-state index is -0.888. The Morgan fingerprint density at radius 1 is 1.26 bits per heavy atom. The highest BCUT2D eigenvalue weighted by molar-refractivity contribution is 9.10. The highest BCUT2D eigenvalue weighted by atomic mass is 79.9. The molecule has 2 aromatic heterocycles. The van der Waals surface area contributed by atoms with E-state index in [2.05, 4.69) is 20.9 Å². The first-order valence-corrected chi connectivity index (χ1v) is 11.1. The summed E-state index contributed by atoms with van der Waals surface area (Å²) in [5.74, 6) is 0.748. The number of fused-ring (bicyclic) bond motifs is 1. The number of aromatic nitrogens is 3. The average Bonchev–Trinajstić information content (AvgIpc) is 2.79. The van der Waals surface area contributed by atoms with Crippen molar-refractivity contribution in [1.82, 2.24) is 19.4 Å². The van der Waals surface area contributed by atoms with Gasteiger partial charge in [-0.05, 0) is 59.8 Å². The quantitative estimate of drug-likeness (QED) is 0.584. The molecule has 9 heteroatoms. The minimum Gasteiger partial charge on any atom is -0.465 e. The molecule has 0 atom stereocenters. The third-order valence-electron chi connectivity index (χ3n) is 5.72. The number of para-hydroxylation sites is 1. The van der Waals surface area contributed by atoms with Gasteiger partial charge in [-0.1, -0.05) is 18.2 Å². The molecule has 31 heavy (non-hydrogen) atoms. The number of anilines is 2. The second-order valence-electron chi connectivity index (χ2n) is 7.65. The maximum absolute atomic E-state index is 13.0. The van der Waals surface area contributed by atoms with Gasteiger partial charge in [0.25, 0.3) is 5.56 Å². The van der Waals surface area contributed by atoms with Crippen molar-refractivity contribution in [2.45, 2.75) is 26.3 Å². The summed E-state index contributed by atoms with van der Waals surface area (Å²) in [7, 11) is 0. The number of carbonyl (C=O) groups is 1. The van der Waals surface area contributed by atoms with Crippen LogP contribution in [0, 0.1) is 5.92 Å². The Hall–Kier alpha value is -2.94. The summed E-state index contributed by atoms with van der Waals surface area (Å²) >= 11 is 3.37. The van der Waals surface area contributed by atoms with Crippen molar-refractivity contribution in [3.63, 3.8) is 0 Å². The van der Waals surface area contributed by atoms with Crippen LogP contribution in [0.25, 0.3) is 11.0 Å². The van der Waals surface area contributed by atoms with Gasteiger partial charge in [-0.3, -0.25) is 9.36 Å². The molecule has 1 N–H and O–H groups in total. The number of hydrogen-bond donors (Lipinski definition) is 1. The third-order valence-corrected chi connectivity index (χ3v) is 6.29. The second kappa shape index (κ2) is 9.05. The largest absolute Gasteiger partial charge is 0.465 e. The lowest BCUT2D eigenvalue weighted by Crippen LogP contribution is -2.39. The van der Waals surface area contributed by atoms with Gasteiger partial charge < -0.3 is 14.9 Å². The number of piperidine rings is 1. The maximum Gasteiger partial charge on any atom is 0.407 e. The van der Waals surface area contributed by atoms with Gasteiger partial charge in [-0.25, -0.2) is 9.78 Å². The van der Waals surface area contributed by atoms with E-state index in [1.165, 1.54) is 4.90 Å². The molecule has 0 saturated carbocycles. The van der Waals surface area contributed by atoms with E-state index < -0.39 is 6.09 Å². The first kappa shape index (κ1) is 21.3. The minimum absolute atomic E-state index is 0.138. The average molecular weight is 486 g/mol. The number of halogens is 1. The molecule has 0 spiro atoms. The van der Waals surface area contributed by atoms with Crippen LogP contribution in [0.3, 0.4) is 0 Å². The van der Waals surface area contributed by atoms with Crippen LogP contribution in [0.15, 0.2) is 51.9 Å². The van der Waals surface area contributed by atoms with Crippen LogP contribution in [0.5, 0.6) is 0 Å². The van der Waals surface area contributed by atoms with Crippen molar-refractivity contribution in [3.8, 4) is 0 Å². The number of benzene rings is 1. The van der Waals surface area contributed by atoms with Crippen molar-refractivity contribution < 1.29 is 9.90 Å². The molecule has 1 amide bonds. The van der Waals surface area contributed by atoms with Gasteiger partial charge in [-0.15, -0.1) is 0 Å². The first-order chi connectivity index (χ1) is 15.0. The Bertz CT molecular complexity index is 1140. The van der Waals surface area contributed by atoms with Crippen molar-refractivity contribution in [2.24, 2.45) is 5.92 Å². The van der Waals surface area contributed by atoms with E-state index >= 15 is 0 Å².